The van der Waals surface area contributed by atoms with Gasteiger partial charge in [-0.25, -0.2) is 4.98 Å². The number of hydrogen-bond acceptors (Lipinski definition) is 6. The second-order valence-corrected chi connectivity index (χ2v) is 12.7. The minimum absolute atomic E-state index is 0.0194. The van der Waals surface area contributed by atoms with Crippen molar-refractivity contribution in [2.45, 2.75) is 58.3 Å². The number of phenolic OH excluding ortho intramolecular Hbond substituents is 1. The average molecular weight is 567 g/mol. The van der Waals surface area contributed by atoms with E-state index in [4.69, 9.17) is 0 Å². The van der Waals surface area contributed by atoms with Crippen LogP contribution in [0, 0.1) is 10.1 Å². The minimum atomic E-state index is -1.27. The molecule has 42 heavy (non-hydrogen) atoms. The molecule has 0 bridgehead atoms. The number of hydrogen-bond donors (Lipinski definition) is 2. The highest BCUT2D eigenvalue weighted by Crippen LogP contribution is 2.40. The Morgan fingerprint density at radius 2 is 1.52 bits per heavy atom. The molecule has 0 saturated carbocycles. The molecule has 4 aromatic rings. The van der Waals surface area contributed by atoms with Crippen LogP contribution in [-0.2, 0) is 10.8 Å². The fraction of sp³-hybridized carbons (Fsp3) is 0.273. The highest BCUT2D eigenvalue weighted by molar-refractivity contribution is 6.31. The maximum atomic E-state index is 13.6. The molecule has 9 heteroatoms. The number of aromatic hydroxyl groups is 1. The molecule has 0 spiro atoms. The third kappa shape index (κ3) is 4.81. The Morgan fingerprint density at radius 3 is 2.12 bits per heavy atom. The quantitative estimate of drug-likeness (QED) is 0.169. The number of aromatic nitrogens is 1. The summed E-state index contributed by atoms with van der Waals surface area (Å²) in [5, 5.41) is 26.3. The summed E-state index contributed by atoms with van der Waals surface area (Å²) in [4.78, 5) is 54.3. The van der Waals surface area contributed by atoms with Crippen LogP contribution in [0.2, 0.25) is 0 Å². The second-order valence-electron chi connectivity index (χ2n) is 12.7. The molecule has 0 aliphatic heterocycles. The number of anilines is 1. The van der Waals surface area contributed by atoms with E-state index in [1.807, 2.05) is 47.6 Å². The fourth-order valence-corrected chi connectivity index (χ4v) is 5.45. The molecule has 1 amide bonds. The van der Waals surface area contributed by atoms with Crippen molar-refractivity contribution in [3.05, 3.63) is 104 Å². The van der Waals surface area contributed by atoms with Crippen molar-refractivity contribution in [2.24, 2.45) is 0 Å². The van der Waals surface area contributed by atoms with E-state index in [-0.39, 0.29) is 22.6 Å². The van der Waals surface area contributed by atoms with Crippen molar-refractivity contribution in [2.75, 3.05) is 5.32 Å². The monoisotopic (exact) mass is 566 g/mol. The standard InChI is InChI=1S/C33H31N3O6/c1-32(2,3)20-15-18(16-21(29(20)38)33(4,5)6)31(40)35-23-11-7-9-17-13-14-22(34-27(17)23)26-28(37)19-10-8-12-24(36(41)42)25(19)30(26)39/h7-16,26,38H,1-6H3,(H,35,40)/p+1. The van der Waals surface area contributed by atoms with E-state index in [1.165, 1.54) is 18.2 Å². The van der Waals surface area contributed by atoms with E-state index in [9.17, 15) is 29.6 Å². The summed E-state index contributed by atoms with van der Waals surface area (Å²) >= 11 is 0. The minimum Gasteiger partial charge on any atom is -0.507 e. The summed E-state index contributed by atoms with van der Waals surface area (Å²) in [6, 6.07) is 16.0. The van der Waals surface area contributed by atoms with Crippen LogP contribution in [0.15, 0.2) is 60.7 Å². The van der Waals surface area contributed by atoms with Gasteiger partial charge in [-0.1, -0.05) is 59.7 Å². The van der Waals surface area contributed by atoms with Gasteiger partial charge in [0.25, 0.3) is 11.6 Å². The van der Waals surface area contributed by atoms with Crippen LogP contribution in [-0.4, -0.2) is 27.5 Å². The van der Waals surface area contributed by atoms with Gasteiger partial charge in [0.2, 0.25) is 5.52 Å². The molecule has 214 valence electrons. The lowest BCUT2D eigenvalue weighted by atomic mass is 9.78. The van der Waals surface area contributed by atoms with Gasteiger partial charge in [-0.15, -0.1) is 0 Å². The number of pyridine rings is 1. The van der Waals surface area contributed by atoms with Crippen molar-refractivity contribution in [1.29, 1.82) is 0 Å². The largest absolute Gasteiger partial charge is 0.507 e. The first-order valence-corrected chi connectivity index (χ1v) is 13.6. The van der Waals surface area contributed by atoms with Crippen molar-refractivity contribution >= 4 is 39.8 Å². The van der Waals surface area contributed by atoms with E-state index in [0.29, 0.717) is 27.9 Å². The molecule has 1 atom stereocenters. The number of carbonyl (C=O) groups excluding carboxylic acids is 3. The smallest absolute Gasteiger partial charge is 0.280 e. The van der Waals surface area contributed by atoms with E-state index < -0.39 is 44.8 Å². The average Bonchev–Trinajstić information content (AvgIpc) is 3.17. The second kappa shape index (κ2) is 9.87. The summed E-state index contributed by atoms with van der Waals surface area (Å²) in [6.07, 6.45) is 0. The summed E-state index contributed by atoms with van der Waals surface area (Å²) in [7, 11) is 0. The molecule has 5 rings (SSSR count). The molecule has 0 fully saturated rings. The Kier molecular flexibility index (Phi) is 6.72. The van der Waals surface area contributed by atoms with Gasteiger partial charge in [0.1, 0.15) is 17.0 Å². The predicted molar refractivity (Wildman–Crippen MR) is 158 cm³/mol. The number of carbonyl (C=O) groups is 3. The third-order valence-corrected chi connectivity index (χ3v) is 7.63. The van der Waals surface area contributed by atoms with Crippen LogP contribution in [0.4, 0.5) is 11.4 Å². The lowest BCUT2D eigenvalue weighted by Crippen LogP contribution is -2.25. The first-order chi connectivity index (χ1) is 19.6. The van der Waals surface area contributed by atoms with Crippen molar-refractivity contribution in [3.8, 4) is 5.75 Å². The van der Waals surface area contributed by atoms with E-state index in [0.717, 1.165) is 5.39 Å². The van der Waals surface area contributed by atoms with E-state index in [1.54, 1.807) is 36.4 Å². The molecule has 1 aliphatic carbocycles. The summed E-state index contributed by atoms with van der Waals surface area (Å²) in [5.41, 5.74) is 1.43. The Balaban J connectivity index is 1.56. The number of nitro benzene ring substituents is 1. The van der Waals surface area contributed by atoms with Gasteiger partial charge in [-0.3, -0.25) is 24.5 Å². The number of phenols is 1. The molecule has 9 nitrogen and oxygen atoms in total. The molecular weight excluding hydrogens is 534 g/mol. The van der Waals surface area contributed by atoms with Gasteiger partial charge >= 0.3 is 0 Å². The lowest BCUT2D eigenvalue weighted by molar-refractivity contribution is -0.385. The van der Waals surface area contributed by atoms with E-state index in [2.05, 4.69) is 10.3 Å². The Hall–Kier alpha value is -4.92. The number of amides is 1. The molecule has 0 radical (unpaired) electrons. The van der Waals surface area contributed by atoms with Gasteiger partial charge in [0, 0.05) is 39.8 Å². The number of nitrogens with zero attached hydrogens (tertiary/aromatic N) is 1. The summed E-state index contributed by atoms with van der Waals surface area (Å²) in [6.45, 7) is 11.8. The maximum Gasteiger partial charge on any atom is 0.280 e. The number of fused-ring (bicyclic) bond motifs is 2. The zero-order valence-electron chi connectivity index (χ0n) is 24.3. The highest BCUT2D eigenvalue weighted by atomic mass is 16.6. The summed E-state index contributed by atoms with van der Waals surface area (Å²) in [5.74, 6) is -2.66. The number of aromatic amines is 1. The van der Waals surface area contributed by atoms with Crippen LogP contribution in [0.5, 0.6) is 5.75 Å². The molecule has 3 aromatic carbocycles. The topological polar surface area (TPSA) is 141 Å². The number of para-hydroxylation sites is 1. The van der Waals surface area contributed by atoms with Gasteiger partial charge in [-0.2, -0.15) is 0 Å². The van der Waals surface area contributed by atoms with Crippen LogP contribution >= 0.6 is 0 Å². The van der Waals surface area contributed by atoms with Crippen LogP contribution in [0.3, 0.4) is 0 Å². The number of ketones is 2. The van der Waals surface area contributed by atoms with Crippen molar-refractivity contribution < 1.29 is 29.4 Å². The SMILES string of the molecule is CC(C)(C)c1cc(C(=O)Nc2cccc3ccc(C4C(=O)c5cccc([N+](=O)[O-])c5C4=O)[nH+]c23)cc(C(C)(C)C)c1O. The van der Waals surface area contributed by atoms with Crippen molar-refractivity contribution in [3.63, 3.8) is 0 Å². The van der Waals surface area contributed by atoms with Gasteiger partial charge in [0.05, 0.1) is 4.92 Å². The first kappa shape index (κ1) is 28.6. The van der Waals surface area contributed by atoms with E-state index >= 15 is 0 Å². The zero-order chi connectivity index (χ0) is 30.7. The zero-order valence-corrected chi connectivity index (χ0v) is 24.3. The number of Topliss-reactive ketones (excluding diaryl/α,β-unsaturated/α-hetero) is 2. The molecule has 3 N–H and O–H groups in total. The van der Waals surface area contributed by atoms with Crippen LogP contribution < -0.4 is 10.3 Å². The summed E-state index contributed by atoms with van der Waals surface area (Å²) < 4.78 is 0. The molecular formula is C33H32N3O6+. The van der Waals surface area contributed by atoms with Gasteiger partial charge in [0.15, 0.2) is 23.2 Å². The number of nitrogens with one attached hydrogen (secondary N) is 2. The van der Waals surface area contributed by atoms with Crippen LogP contribution in [0.25, 0.3) is 10.9 Å². The fourth-order valence-electron chi connectivity index (χ4n) is 5.45. The van der Waals surface area contributed by atoms with Crippen LogP contribution in [0.1, 0.15) is 95.4 Å². The van der Waals surface area contributed by atoms with Gasteiger partial charge < -0.3 is 10.4 Å². The lowest BCUT2D eigenvalue weighted by Gasteiger charge is -2.28. The van der Waals surface area contributed by atoms with Crippen molar-refractivity contribution in [1.82, 2.24) is 0 Å². The number of benzene rings is 3. The highest BCUT2D eigenvalue weighted by Gasteiger charge is 2.47. The Bertz CT molecular complexity index is 1790. The molecule has 1 aliphatic rings. The predicted octanol–water partition coefficient (Wildman–Crippen LogP) is 6.28. The Labute approximate surface area is 242 Å². The number of rotatable bonds is 4. The molecule has 0 saturated heterocycles. The van der Waals surface area contributed by atoms with Gasteiger partial charge in [-0.05, 0) is 41.2 Å². The molecule has 1 unspecified atom stereocenters. The first-order valence-electron chi connectivity index (χ1n) is 13.6. The third-order valence-electron chi connectivity index (χ3n) is 7.63. The Morgan fingerprint density at radius 1 is 0.905 bits per heavy atom. The molecule has 1 heterocycles. The normalized spacial score (nSPS) is 15.1. The number of nitro groups is 1. The number of H-pyrrole nitrogens is 1. The maximum absolute atomic E-state index is 13.6. The molecule has 1 aromatic heterocycles.